The first-order valence-corrected chi connectivity index (χ1v) is 9.87. The van der Waals surface area contributed by atoms with Gasteiger partial charge in [-0.25, -0.2) is 14.5 Å². The SMILES string of the molecule is COc1ccc(-c2nnc(N3CCc4[nH]cnc4[C@H]3c3cc4ccccn4n3)o2)nc1. The van der Waals surface area contributed by atoms with Gasteiger partial charge in [0.25, 0.3) is 5.89 Å². The van der Waals surface area contributed by atoms with Crippen LogP contribution in [0.3, 0.4) is 0 Å². The highest BCUT2D eigenvalue weighted by Gasteiger charge is 2.36. The van der Waals surface area contributed by atoms with Gasteiger partial charge in [0, 0.05) is 24.9 Å². The number of hydrogen-bond donors (Lipinski definition) is 1. The number of nitrogens with one attached hydrogen (secondary N) is 1. The molecular weight excluding hydrogens is 396 g/mol. The molecule has 0 bridgehead atoms. The first kappa shape index (κ1) is 17.6. The molecule has 10 heteroatoms. The summed E-state index contributed by atoms with van der Waals surface area (Å²) in [5.41, 5.74) is 4.46. The molecular formula is C21H18N8O2. The Balaban J connectivity index is 1.41. The quantitative estimate of drug-likeness (QED) is 0.478. The lowest BCUT2D eigenvalue weighted by molar-refractivity contribution is 0.413. The number of ether oxygens (including phenoxy) is 1. The second-order valence-corrected chi connectivity index (χ2v) is 7.22. The maximum absolute atomic E-state index is 6.03. The number of aromatic amines is 1. The summed E-state index contributed by atoms with van der Waals surface area (Å²) in [5, 5.41) is 13.3. The minimum atomic E-state index is -0.243. The van der Waals surface area contributed by atoms with Crippen molar-refractivity contribution < 1.29 is 9.15 Å². The van der Waals surface area contributed by atoms with Crippen molar-refractivity contribution in [2.45, 2.75) is 12.5 Å². The van der Waals surface area contributed by atoms with Gasteiger partial charge in [-0.1, -0.05) is 11.2 Å². The van der Waals surface area contributed by atoms with Gasteiger partial charge in [0.1, 0.15) is 17.5 Å². The van der Waals surface area contributed by atoms with Crippen LogP contribution in [0.2, 0.25) is 0 Å². The molecule has 5 aromatic heterocycles. The van der Waals surface area contributed by atoms with E-state index in [0.717, 1.165) is 29.0 Å². The van der Waals surface area contributed by atoms with E-state index < -0.39 is 0 Å². The summed E-state index contributed by atoms with van der Waals surface area (Å²) in [5.74, 6) is 1.01. The zero-order chi connectivity index (χ0) is 20.8. The van der Waals surface area contributed by atoms with Gasteiger partial charge in [-0.15, -0.1) is 5.10 Å². The Morgan fingerprint density at radius 3 is 2.97 bits per heavy atom. The lowest BCUT2D eigenvalue weighted by Crippen LogP contribution is -2.36. The molecule has 0 fully saturated rings. The number of fused-ring (bicyclic) bond motifs is 2. The lowest BCUT2D eigenvalue weighted by atomic mass is 10.0. The van der Waals surface area contributed by atoms with Crippen molar-refractivity contribution in [3.8, 4) is 17.3 Å². The molecule has 6 rings (SSSR count). The Labute approximate surface area is 176 Å². The third-order valence-corrected chi connectivity index (χ3v) is 5.45. The first-order chi connectivity index (χ1) is 15.3. The van der Waals surface area contributed by atoms with E-state index in [1.807, 2.05) is 39.9 Å². The third kappa shape index (κ3) is 2.91. The van der Waals surface area contributed by atoms with E-state index in [9.17, 15) is 0 Å². The van der Waals surface area contributed by atoms with Gasteiger partial charge in [0.2, 0.25) is 0 Å². The van der Waals surface area contributed by atoms with Crippen LogP contribution in [0.15, 0.2) is 59.5 Å². The van der Waals surface area contributed by atoms with E-state index in [0.29, 0.717) is 29.9 Å². The number of anilines is 1. The maximum atomic E-state index is 6.03. The van der Waals surface area contributed by atoms with E-state index in [2.05, 4.69) is 31.2 Å². The summed E-state index contributed by atoms with van der Waals surface area (Å²) < 4.78 is 13.0. The summed E-state index contributed by atoms with van der Waals surface area (Å²) >= 11 is 0. The van der Waals surface area contributed by atoms with Crippen LogP contribution in [0.5, 0.6) is 5.75 Å². The van der Waals surface area contributed by atoms with Gasteiger partial charge >= 0.3 is 6.01 Å². The van der Waals surface area contributed by atoms with Gasteiger partial charge in [0.15, 0.2) is 0 Å². The highest BCUT2D eigenvalue weighted by Crippen LogP contribution is 2.36. The smallest absolute Gasteiger partial charge is 0.319 e. The number of pyridine rings is 2. The molecule has 0 spiro atoms. The summed E-state index contributed by atoms with van der Waals surface area (Å²) in [6.45, 7) is 0.686. The van der Waals surface area contributed by atoms with Crippen LogP contribution in [0.4, 0.5) is 6.01 Å². The van der Waals surface area contributed by atoms with Crippen molar-refractivity contribution in [3.05, 3.63) is 72.2 Å². The molecule has 1 aliphatic heterocycles. The van der Waals surface area contributed by atoms with Crippen LogP contribution in [0.1, 0.15) is 23.1 Å². The van der Waals surface area contributed by atoms with E-state index >= 15 is 0 Å². The summed E-state index contributed by atoms with van der Waals surface area (Å²) in [7, 11) is 1.60. The van der Waals surface area contributed by atoms with Crippen molar-refractivity contribution in [1.82, 2.24) is 34.8 Å². The van der Waals surface area contributed by atoms with Crippen molar-refractivity contribution in [2.75, 3.05) is 18.6 Å². The fourth-order valence-electron chi connectivity index (χ4n) is 3.94. The average molecular weight is 414 g/mol. The minimum absolute atomic E-state index is 0.243. The summed E-state index contributed by atoms with van der Waals surface area (Å²) in [6, 6.07) is 11.8. The first-order valence-electron chi connectivity index (χ1n) is 9.87. The van der Waals surface area contributed by atoms with Crippen LogP contribution in [0, 0.1) is 0 Å². The fraction of sp³-hybridized carbons (Fsp3) is 0.190. The van der Waals surface area contributed by atoms with Gasteiger partial charge in [-0.2, -0.15) is 5.10 Å². The molecule has 0 unspecified atom stereocenters. The molecule has 0 amide bonds. The summed E-state index contributed by atoms with van der Waals surface area (Å²) in [4.78, 5) is 14.2. The molecule has 1 atom stereocenters. The van der Waals surface area contributed by atoms with E-state index in [4.69, 9.17) is 14.3 Å². The summed E-state index contributed by atoms with van der Waals surface area (Å²) in [6.07, 6.45) is 6.06. The number of imidazole rings is 1. The molecule has 0 saturated carbocycles. The zero-order valence-electron chi connectivity index (χ0n) is 16.6. The normalized spacial score (nSPS) is 15.9. The van der Waals surface area contributed by atoms with Crippen LogP contribution >= 0.6 is 0 Å². The molecule has 1 N–H and O–H groups in total. The Morgan fingerprint density at radius 2 is 2.13 bits per heavy atom. The molecule has 0 saturated heterocycles. The highest BCUT2D eigenvalue weighted by atomic mass is 16.5. The molecule has 0 radical (unpaired) electrons. The Bertz CT molecular complexity index is 1320. The number of hydrogen-bond acceptors (Lipinski definition) is 8. The van der Waals surface area contributed by atoms with Gasteiger partial charge < -0.3 is 19.0 Å². The fourth-order valence-corrected chi connectivity index (χ4v) is 3.94. The maximum Gasteiger partial charge on any atom is 0.319 e. The average Bonchev–Trinajstić information content (AvgIpc) is 3.57. The molecule has 5 aromatic rings. The number of H-pyrrole nitrogens is 1. The lowest BCUT2D eigenvalue weighted by Gasteiger charge is -2.32. The van der Waals surface area contributed by atoms with Gasteiger partial charge in [-0.3, -0.25) is 0 Å². The number of nitrogens with zero attached hydrogens (tertiary/aromatic N) is 7. The van der Waals surface area contributed by atoms with Crippen molar-refractivity contribution in [1.29, 1.82) is 0 Å². The van der Waals surface area contributed by atoms with Crippen molar-refractivity contribution in [3.63, 3.8) is 0 Å². The second kappa shape index (κ2) is 6.94. The molecule has 154 valence electrons. The van der Waals surface area contributed by atoms with Gasteiger partial charge in [0.05, 0.1) is 36.5 Å². The second-order valence-electron chi connectivity index (χ2n) is 7.22. The predicted molar refractivity (Wildman–Crippen MR) is 111 cm³/mol. The van der Waals surface area contributed by atoms with E-state index in [1.54, 1.807) is 25.7 Å². The minimum Gasteiger partial charge on any atom is -0.495 e. The zero-order valence-corrected chi connectivity index (χ0v) is 16.6. The number of rotatable bonds is 4. The highest BCUT2D eigenvalue weighted by molar-refractivity contribution is 5.53. The number of methoxy groups -OCH3 is 1. The Hall–Kier alpha value is -4.21. The van der Waals surface area contributed by atoms with Crippen LogP contribution < -0.4 is 9.64 Å². The van der Waals surface area contributed by atoms with Crippen LogP contribution in [0.25, 0.3) is 17.1 Å². The van der Waals surface area contributed by atoms with Crippen molar-refractivity contribution in [2.24, 2.45) is 0 Å². The Kier molecular flexibility index (Phi) is 3.95. The molecule has 10 nitrogen and oxygen atoms in total. The van der Waals surface area contributed by atoms with Gasteiger partial charge in [-0.05, 0) is 30.3 Å². The molecule has 1 aliphatic rings. The van der Waals surface area contributed by atoms with E-state index in [-0.39, 0.29) is 6.04 Å². The monoisotopic (exact) mass is 414 g/mol. The van der Waals surface area contributed by atoms with Crippen LogP contribution in [-0.4, -0.2) is 48.4 Å². The van der Waals surface area contributed by atoms with Crippen molar-refractivity contribution >= 4 is 11.5 Å². The predicted octanol–water partition coefficient (Wildman–Crippen LogP) is 2.66. The topological polar surface area (TPSA) is 110 Å². The Morgan fingerprint density at radius 1 is 1.16 bits per heavy atom. The number of aromatic nitrogens is 7. The molecule has 6 heterocycles. The molecule has 31 heavy (non-hydrogen) atoms. The molecule has 0 aromatic carbocycles. The molecule has 0 aliphatic carbocycles. The standard InChI is InChI=1S/C21H18N8O2/c1-30-14-5-6-16(22-11-14)20-25-26-21(31-20)28-9-7-15-18(24-12-23-15)19(28)17-10-13-4-2-3-8-29(13)27-17/h2-6,8,10-12,19H,7,9H2,1H3,(H,23,24)/t19-/m1/s1. The van der Waals surface area contributed by atoms with E-state index in [1.165, 1.54) is 0 Å². The van der Waals surface area contributed by atoms with Crippen LogP contribution in [-0.2, 0) is 6.42 Å². The largest absolute Gasteiger partial charge is 0.495 e. The third-order valence-electron chi connectivity index (χ3n) is 5.45.